The molecule has 1 amide bonds. The molecular formula is C13H11NO2. The molecule has 16 heavy (non-hydrogen) atoms. The molecule has 0 heterocycles. The van der Waals surface area contributed by atoms with E-state index in [1.54, 1.807) is 12.1 Å². The van der Waals surface area contributed by atoms with E-state index < -0.39 is 0 Å². The number of fused-ring (bicyclic) bond motifs is 1. The van der Waals surface area contributed by atoms with Crippen molar-refractivity contribution in [2.24, 2.45) is 0 Å². The summed E-state index contributed by atoms with van der Waals surface area (Å²) in [6, 6.07) is 10.7. The molecule has 3 nitrogen and oxygen atoms in total. The number of nitrogens with one attached hydrogen (secondary N) is 1. The Labute approximate surface area is 93.0 Å². The SMILES string of the molecule is C=C(NC=O)c1ccc(O)c2ccccc12. The van der Waals surface area contributed by atoms with Crippen molar-refractivity contribution in [3.8, 4) is 5.75 Å². The lowest BCUT2D eigenvalue weighted by Gasteiger charge is -2.09. The van der Waals surface area contributed by atoms with Gasteiger partial charge in [-0.15, -0.1) is 0 Å². The van der Waals surface area contributed by atoms with E-state index in [4.69, 9.17) is 0 Å². The van der Waals surface area contributed by atoms with E-state index in [2.05, 4.69) is 11.9 Å². The molecule has 2 aromatic rings. The number of phenols is 1. The first-order chi connectivity index (χ1) is 7.74. The van der Waals surface area contributed by atoms with Gasteiger partial charge in [0.2, 0.25) is 6.41 Å². The highest BCUT2D eigenvalue weighted by atomic mass is 16.3. The van der Waals surface area contributed by atoms with Crippen LogP contribution in [0, 0.1) is 0 Å². The van der Waals surface area contributed by atoms with Crippen molar-refractivity contribution in [3.63, 3.8) is 0 Å². The molecule has 80 valence electrons. The maximum Gasteiger partial charge on any atom is 0.211 e. The van der Waals surface area contributed by atoms with Crippen molar-refractivity contribution in [2.45, 2.75) is 0 Å². The average Bonchev–Trinajstić information content (AvgIpc) is 2.30. The van der Waals surface area contributed by atoms with Gasteiger partial charge in [0.1, 0.15) is 5.75 Å². The van der Waals surface area contributed by atoms with Crippen LogP contribution in [-0.2, 0) is 4.79 Å². The second-order valence-electron chi connectivity index (χ2n) is 3.42. The molecule has 0 bridgehead atoms. The summed E-state index contributed by atoms with van der Waals surface area (Å²) in [5.74, 6) is 0.221. The number of amides is 1. The first kappa shape index (κ1) is 10.2. The summed E-state index contributed by atoms with van der Waals surface area (Å²) in [6.07, 6.45) is 0.587. The van der Waals surface area contributed by atoms with E-state index in [0.717, 1.165) is 16.3 Å². The molecule has 0 spiro atoms. The number of aromatic hydroxyl groups is 1. The summed E-state index contributed by atoms with van der Waals surface area (Å²) in [5, 5.41) is 13.8. The van der Waals surface area contributed by atoms with Crippen LogP contribution in [-0.4, -0.2) is 11.5 Å². The minimum Gasteiger partial charge on any atom is -0.507 e. The van der Waals surface area contributed by atoms with Gasteiger partial charge in [-0.05, 0) is 17.5 Å². The van der Waals surface area contributed by atoms with Gasteiger partial charge in [0.15, 0.2) is 0 Å². The van der Waals surface area contributed by atoms with Gasteiger partial charge in [0, 0.05) is 16.6 Å². The predicted molar refractivity (Wildman–Crippen MR) is 63.8 cm³/mol. The van der Waals surface area contributed by atoms with E-state index in [0.29, 0.717) is 12.1 Å². The lowest BCUT2D eigenvalue weighted by Crippen LogP contribution is -2.07. The van der Waals surface area contributed by atoms with Gasteiger partial charge < -0.3 is 10.4 Å². The fourth-order valence-corrected chi connectivity index (χ4v) is 1.70. The van der Waals surface area contributed by atoms with Gasteiger partial charge in [-0.3, -0.25) is 4.79 Å². The monoisotopic (exact) mass is 213 g/mol. The first-order valence-electron chi connectivity index (χ1n) is 4.84. The standard InChI is InChI=1S/C13H11NO2/c1-9(14-8-15)10-6-7-13(16)12-5-3-2-4-11(10)12/h2-8,16H,1H2,(H,14,15). The van der Waals surface area contributed by atoms with Crippen LogP contribution in [0.5, 0.6) is 5.75 Å². The van der Waals surface area contributed by atoms with E-state index in [1.807, 2.05) is 24.3 Å². The van der Waals surface area contributed by atoms with Crippen molar-refractivity contribution in [2.75, 3.05) is 0 Å². The van der Waals surface area contributed by atoms with Crippen LogP contribution in [0.4, 0.5) is 0 Å². The van der Waals surface area contributed by atoms with E-state index in [9.17, 15) is 9.90 Å². The average molecular weight is 213 g/mol. The molecule has 0 aliphatic rings. The Morgan fingerprint density at radius 2 is 1.88 bits per heavy atom. The minimum absolute atomic E-state index is 0.221. The maximum absolute atomic E-state index is 10.4. The predicted octanol–water partition coefficient (Wildman–Crippen LogP) is 2.26. The van der Waals surface area contributed by atoms with Crippen molar-refractivity contribution in [1.82, 2.24) is 5.32 Å². The molecular weight excluding hydrogens is 202 g/mol. The van der Waals surface area contributed by atoms with Crippen LogP contribution in [0.15, 0.2) is 43.0 Å². The van der Waals surface area contributed by atoms with Gasteiger partial charge in [-0.1, -0.05) is 30.8 Å². The van der Waals surface area contributed by atoms with E-state index in [-0.39, 0.29) is 5.75 Å². The van der Waals surface area contributed by atoms with Crippen LogP contribution in [0.2, 0.25) is 0 Å². The minimum atomic E-state index is 0.221. The number of hydrogen-bond acceptors (Lipinski definition) is 2. The molecule has 0 fully saturated rings. The van der Waals surface area contributed by atoms with Crippen molar-refractivity contribution < 1.29 is 9.90 Å². The summed E-state index contributed by atoms with van der Waals surface area (Å²) in [7, 11) is 0. The Hall–Kier alpha value is -2.29. The van der Waals surface area contributed by atoms with Gasteiger partial charge in [-0.2, -0.15) is 0 Å². The van der Waals surface area contributed by atoms with Crippen molar-refractivity contribution in [1.29, 1.82) is 0 Å². The van der Waals surface area contributed by atoms with Crippen molar-refractivity contribution in [3.05, 3.63) is 48.5 Å². The third-order valence-corrected chi connectivity index (χ3v) is 2.46. The zero-order valence-electron chi connectivity index (χ0n) is 8.60. The third-order valence-electron chi connectivity index (χ3n) is 2.46. The lowest BCUT2D eigenvalue weighted by atomic mass is 10.0. The molecule has 2 rings (SSSR count). The molecule has 3 heteroatoms. The fourth-order valence-electron chi connectivity index (χ4n) is 1.70. The number of carbonyl (C=O) groups is 1. The molecule has 0 radical (unpaired) electrons. The Morgan fingerprint density at radius 1 is 1.19 bits per heavy atom. The fraction of sp³-hybridized carbons (Fsp3) is 0. The molecule has 2 N–H and O–H groups in total. The van der Waals surface area contributed by atoms with Crippen LogP contribution in [0.25, 0.3) is 16.5 Å². The van der Waals surface area contributed by atoms with Gasteiger partial charge >= 0.3 is 0 Å². The Morgan fingerprint density at radius 3 is 2.56 bits per heavy atom. The third kappa shape index (κ3) is 1.63. The topological polar surface area (TPSA) is 49.3 Å². The molecule has 0 aliphatic heterocycles. The van der Waals surface area contributed by atoms with Gasteiger partial charge in [0.25, 0.3) is 0 Å². The highest BCUT2D eigenvalue weighted by molar-refractivity contribution is 5.97. The summed E-state index contributed by atoms with van der Waals surface area (Å²) in [6.45, 7) is 3.77. The van der Waals surface area contributed by atoms with Gasteiger partial charge in [0.05, 0.1) is 0 Å². The molecule has 2 aromatic carbocycles. The maximum atomic E-state index is 10.4. The summed E-state index contributed by atoms with van der Waals surface area (Å²) < 4.78 is 0. The number of carbonyl (C=O) groups excluding carboxylic acids is 1. The van der Waals surface area contributed by atoms with E-state index in [1.165, 1.54) is 0 Å². The zero-order valence-corrected chi connectivity index (χ0v) is 8.60. The Kier molecular flexibility index (Phi) is 2.60. The number of hydrogen-bond donors (Lipinski definition) is 2. The Bertz CT molecular complexity index is 561. The molecule has 0 aromatic heterocycles. The summed E-state index contributed by atoms with van der Waals surface area (Å²) in [5.41, 5.74) is 1.33. The number of rotatable bonds is 3. The highest BCUT2D eigenvalue weighted by Gasteiger charge is 2.06. The summed E-state index contributed by atoms with van der Waals surface area (Å²) in [4.78, 5) is 10.4. The van der Waals surface area contributed by atoms with E-state index >= 15 is 0 Å². The number of benzene rings is 2. The zero-order chi connectivity index (χ0) is 11.5. The summed E-state index contributed by atoms with van der Waals surface area (Å²) >= 11 is 0. The lowest BCUT2D eigenvalue weighted by molar-refractivity contribution is -0.108. The second-order valence-corrected chi connectivity index (χ2v) is 3.42. The van der Waals surface area contributed by atoms with Crippen LogP contribution in [0.1, 0.15) is 5.56 Å². The largest absolute Gasteiger partial charge is 0.507 e. The first-order valence-corrected chi connectivity index (χ1v) is 4.84. The smallest absolute Gasteiger partial charge is 0.211 e. The van der Waals surface area contributed by atoms with Crippen LogP contribution < -0.4 is 5.32 Å². The van der Waals surface area contributed by atoms with Gasteiger partial charge in [-0.25, -0.2) is 0 Å². The molecule has 0 unspecified atom stereocenters. The second kappa shape index (κ2) is 4.06. The van der Waals surface area contributed by atoms with Crippen LogP contribution >= 0.6 is 0 Å². The molecule has 0 saturated heterocycles. The Balaban J connectivity index is 2.67. The van der Waals surface area contributed by atoms with Crippen molar-refractivity contribution >= 4 is 22.9 Å². The normalized spacial score (nSPS) is 10.0. The molecule has 0 saturated carbocycles. The molecule has 0 aliphatic carbocycles. The molecule has 0 atom stereocenters. The highest BCUT2D eigenvalue weighted by Crippen LogP contribution is 2.29. The quantitative estimate of drug-likeness (QED) is 0.768. The number of phenolic OH excluding ortho intramolecular Hbond substituents is 1. The van der Waals surface area contributed by atoms with Crippen LogP contribution in [0.3, 0.4) is 0 Å².